The second kappa shape index (κ2) is 11.7. The van der Waals surface area contributed by atoms with Crippen LogP contribution in [0.4, 0.5) is 0 Å². The lowest BCUT2D eigenvalue weighted by atomic mass is 10.2. The molecular formula is C20H27IN4OS2. The molecule has 0 bridgehead atoms. The maximum atomic E-state index is 10.5. The molecule has 0 saturated carbocycles. The van der Waals surface area contributed by atoms with Gasteiger partial charge in [-0.2, -0.15) is 0 Å². The molecule has 1 aromatic carbocycles. The number of hydrogen-bond donors (Lipinski definition) is 3. The maximum absolute atomic E-state index is 10.5. The van der Waals surface area contributed by atoms with E-state index >= 15 is 0 Å². The van der Waals surface area contributed by atoms with Gasteiger partial charge in [0.05, 0.1) is 11.6 Å². The van der Waals surface area contributed by atoms with Crippen LogP contribution >= 0.6 is 46.7 Å². The normalized spacial score (nSPS) is 12.6. The van der Waals surface area contributed by atoms with Crippen molar-refractivity contribution in [2.24, 2.45) is 4.99 Å². The molecule has 28 heavy (non-hydrogen) atoms. The molecule has 0 radical (unpaired) electrons. The molecule has 152 valence electrons. The summed E-state index contributed by atoms with van der Waals surface area (Å²) in [6.07, 6.45) is 3.27. The van der Waals surface area contributed by atoms with Crippen molar-refractivity contribution in [1.82, 2.24) is 15.6 Å². The molecule has 1 unspecified atom stereocenters. The highest BCUT2D eigenvalue weighted by atomic mass is 127. The summed E-state index contributed by atoms with van der Waals surface area (Å²) in [7, 11) is 0. The van der Waals surface area contributed by atoms with Gasteiger partial charge in [-0.3, -0.25) is 4.99 Å². The maximum Gasteiger partial charge on any atom is 0.191 e. The number of nitrogens with zero attached hydrogens (tertiary/aromatic N) is 2. The van der Waals surface area contributed by atoms with Crippen LogP contribution in [0.3, 0.4) is 0 Å². The van der Waals surface area contributed by atoms with E-state index in [0.29, 0.717) is 6.54 Å². The molecule has 2 aromatic heterocycles. The van der Waals surface area contributed by atoms with Crippen LogP contribution in [-0.4, -0.2) is 35.7 Å². The zero-order chi connectivity index (χ0) is 19.1. The number of hydrogen-bond acceptors (Lipinski definition) is 5. The molecule has 8 heteroatoms. The minimum absolute atomic E-state index is 0. The largest absolute Gasteiger partial charge is 0.386 e. The molecule has 5 nitrogen and oxygen atoms in total. The summed E-state index contributed by atoms with van der Waals surface area (Å²) >= 11 is 3.39. The first kappa shape index (κ1) is 23.1. The number of aliphatic hydroxyl groups excluding tert-OH is 1. The van der Waals surface area contributed by atoms with Gasteiger partial charge >= 0.3 is 0 Å². The van der Waals surface area contributed by atoms with Crippen LogP contribution < -0.4 is 10.6 Å². The Bertz CT molecular complexity index is 860. The summed E-state index contributed by atoms with van der Waals surface area (Å²) in [6.45, 7) is 6.06. The Morgan fingerprint density at radius 3 is 2.75 bits per heavy atom. The monoisotopic (exact) mass is 530 g/mol. The Balaban J connectivity index is 0.00000280. The Kier molecular flexibility index (Phi) is 9.63. The lowest BCUT2D eigenvalue weighted by molar-refractivity contribution is 0.191. The summed E-state index contributed by atoms with van der Waals surface area (Å²) in [5.41, 5.74) is 0. The Morgan fingerprint density at radius 1 is 1.21 bits per heavy atom. The highest BCUT2D eigenvalue weighted by Crippen LogP contribution is 2.29. The van der Waals surface area contributed by atoms with Gasteiger partial charge in [-0.15, -0.1) is 46.7 Å². The SMILES string of the molecule is CCNC(=NCC(O)c1cc2ccccc2s1)NCCc1ncc(CC)s1.I. The lowest BCUT2D eigenvalue weighted by Crippen LogP contribution is -2.38. The third kappa shape index (κ3) is 6.40. The highest BCUT2D eigenvalue weighted by molar-refractivity contribution is 14.0. The Labute approximate surface area is 191 Å². The summed E-state index contributed by atoms with van der Waals surface area (Å²) in [4.78, 5) is 11.3. The van der Waals surface area contributed by atoms with Crippen molar-refractivity contribution in [3.63, 3.8) is 0 Å². The average Bonchev–Trinajstić information content (AvgIpc) is 3.32. The van der Waals surface area contributed by atoms with E-state index in [4.69, 9.17) is 0 Å². The minimum Gasteiger partial charge on any atom is -0.386 e. The minimum atomic E-state index is -0.594. The number of thiophene rings is 1. The summed E-state index contributed by atoms with van der Waals surface area (Å²) in [5, 5.41) is 19.4. The van der Waals surface area contributed by atoms with Crippen LogP contribution in [0.15, 0.2) is 41.5 Å². The van der Waals surface area contributed by atoms with E-state index in [0.717, 1.165) is 41.8 Å². The predicted molar refractivity (Wildman–Crippen MR) is 131 cm³/mol. The number of fused-ring (bicyclic) bond motifs is 1. The second-order valence-corrected chi connectivity index (χ2v) is 8.49. The van der Waals surface area contributed by atoms with E-state index in [-0.39, 0.29) is 24.0 Å². The first-order chi connectivity index (χ1) is 13.2. The molecule has 3 N–H and O–H groups in total. The molecule has 0 saturated heterocycles. The van der Waals surface area contributed by atoms with Crippen molar-refractivity contribution in [1.29, 1.82) is 0 Å². The number of guanidine groups is 1. The fourth-order valence-electron chi connectivity index (χ4n) is 2.69. The van der Waals surface area contributed by atoms with Crippen LogP contribution in [-0.2, 0) is 12.8 Å². The topological polar surface area (TPSA) is 69.5 Å². The second-order valence-electron chi connectivity index (χ2n) is 6.17. The number of aryl methyl sites for hydroxylation is 1. The molecule has 2 heterocycles. The molecule has 0 amide bonds. The number of rotatable bonds is 8. The van der Waals surface area contributed by atoms with Crippen molar-refractivity contribution >= 4 is 62.7 Å². The van der Waals surface area contributed by atoms with Gasteiger partial charge in [-0.1, -0.05) is 25.1 Å². The quantitative estimate of drug-likeness (QED) is 0.230. The molecular weight excluding hydrogens is 503 g/mol. The van der Waals surface area contributed by atoms with Gasteiger partial charge in [0.25, 0.3) is 0 Å². The van der Waals surface area contributed by atoms with Gasteiger partial charge in [0.2, 0.25) is 0 Å². The third-order valence-corrected chi connectivity index (χ3v) is 6.54. The van der Waals surface area contributed by atoms with E-state index in [2.05, 4.69) is 39.7 Å². The first-order valence-electron chi connectivity index (χ1n) is 9.32. The van der Waals surface area contributed by atoms with E-state index in [9.17, 15) is 5.11 Å². The summed E-state index contributed by atoms with van der Waals surface area (Å²) in [5.74, 6) is 0.727. The molecule has 3 aromatic rings. The van der Waals surface area contributed by atoms with Crippen LogP contribution in [0.2, 0.25) is 0 Å². The van der Waals surface area contributed by atoms with E-state index in [1.807, 2.05) is 31.3 Å². The van der Waals surface area contributed by atoms with Crippen LogP contribution in [0, 0.1) is 0 Å². The van der Waals surface area contributed by atoms with Gasteiger partial charge in [-0.05, 0) is 30.9 Å². The number of aliphatic imine (C=N–C) groups is 1. The number of aliphatic hydroxyl groups is 1. The lowest BCUT2D eigenvalue weighted by Gasteiger charge is -2.12. The van der Waals surface area contributed by atoms with Crippen molar-refractivity contribution in [2.75, 3.05) is 19.6 Å². The van der Waals surface area contributed by atoms with Gasteiger partial charge in [0, 0.05) is 40.2 Å². The van der Waals surface area contributed by atoms with Crippen LogP contribution in [0.25, 0.3) is 10.1 Å². The van der Waals surface area contributed by atoms with Crippen molar-refractivity contribution in [2.45, 2.75) is 32.8 Å². The molecule has 0 aliphatic rings. The highest BCUT2D eigenvalue weighted by Gasteiger charge is 2.11. The van der Waals surface area contributed by atoms with Gasteiger partial charge in [-0.25, -0.2) is 4.98 Å². The fourth-order valence-corrected chi connectivity index (χ4v) is 4.59. The zero-order valence-corrected chi connectivity index (χ0v) is 20.1. The standard InChI is InChI=1S/C20H26N4OS2.HI/c1-3-15-12-23-19(26-15)9-10-22-20(21-4-2)24-13-16(25)18-11-14-7-5-6-8-17(14)27-18;/h5-8,11-12,16,25H,3-4,9-10,13H2,1-2H3,(H2,21,22,24);1H. The van der Waals surface area contributed by atoms with E-state index in [1.165, 1.54) is 15.0 Å². The van der Waals surface area contributed by atoms with Gasteiger partial charge in [0.1, 0.15) is 6.10 Å². The first-order valence-corrected chi connectivity index (χ1v) is 10.9. The van der Waals surface area contributed by atoms with Gasteiger partial charge < -0.3 is 15.7 Å². The van der Waals surface area contributed by atoms with Crippen LogP contribution in [0.5, 0.6) is 0 Å². The summed E-state index contributed by atoms with van der Waals surface area (Å²) in [6, 6.07) is 10.2. The molecule has 1 atom stereocenters. The van der Waals surface area contributed by atoms with E-state index in [1.54, 1.807) is 22.7 Å². The van der Waals surface area contributed by atoms with Crippen molar-refractivity contribution in [3.8, 4) is 0 Å². The number of nitrogens with one attached hydrogen (secondary N) is 2. The average molecular weight is 531 g/mol. The molecule has 0 spiro atoms. The predicted octanol–water partition coefficient (Wildman–Crippen LogP) is 4.37. The molecule has 3 rings (SSSR count). The smallest absolute Gasteiger partial charge is 0.191 e. The molecule has 0 fully saturated rings. The van der Waals surface area contributed by atoms with Crippen molar-refractivity contribution < 1.29 is 5.11 Å². The van der Waals surface area contributed by atoms with Crippen molar-refractivity contribution in [3.05, 3.63) is 51.3 Å². The Hall–Kier alpha value is -1.23. The molecule has 0 aliphatic heterocycles. The van der Waals surface area contributed by atoms with E-state index < -0.39 is 6.10 Å². The fraction of sp³-hybridized carbons (Fsp3) is 0.400. The number of aromatic nitrogens is 1. The molecule has 0 aliphatic carbocycles. The number of halogens is 1. The van der Waals surface area contributed by atoms with Gasteiger partial charge in [0.15, 0.2) is 5.96 Å². The Morgan fingerprint density at radius 2 is 2.04 bits per heavy atom. The number of benzene rings is 1. The number of thiazole rings is 1. The van der Waals surface area contributed by atoms with Crippen LogP contribution in [0.1, 0.15) is 34.7 Å². The summed E-state index contributed by atoms with van der Waals surface area (Å²) < 4.78 is 1.19. The zero-order valence-electron chi connectivity index (χ0n) is 16.1. The third-order valence-electron chi connectivity index (χ3n) is 4.12.